The first-order valence-electron chi connectivity index (χ1n) is 7.42. The molecule has 2 rings (SSSR count). The molecule has 0 fully saturated rings. The van der Waals surface area contributed by atoms with E-state index in [2.05, 4.69) is 0 Å². The number of anilines is 2. The molecule has 1 amide bonds. The average molecular weight is 291 g/mol. The first-order valence-corrected chi connectivity index (χ1v) is 7.42. The Labute approximate surface area is 126 Å². The molecule has 21 heavy (non-hydrogen) atoms. The molecule has 0 saturated heterocycles. The number of nitrogens with zero attached hydrogens (tertiary/aromatic N) is 1. The monoisotopic (exact) mass is 291 g/mol. The number of amides is 1. The quantitative estimate of drug-likeness (QED) is 0.834. The van der Waals surface area contributed by atoms with E-state index in [1.165, 1.54) is 0 Å². The van der Waals surface area contributed by atoms with Crippen molar-refractivity contribution in [2.45, 2.75) is 51.7 Å². The minimum atomic E-state index is -0.811. The van der Waals surface area contributed by atoms with E-state index in [0.717, 1.165) is 0 Å². The number of hydrogen-bond acceptors (Lipinski definition) is 4. The van der Waals surface area contributed by atoms with E-state index in [1.54, 1.807) is 17.0 Å². The molecular weight excluding hydrogens is 266 g/mol. The van der Waals surface area contributed by atoms with E-state index in [-0.39, 0.29) is 5.91 Å². The Morgan fingerprint density at radius 1 is 1.29 bits per heavy atom. The fraction of sp³-hybridized carbons (Fsp3) is 0.562. The van der Waals surface area contributed by atoms with Crippen molar-refractivity contribution in [1.82, 2.24) is 0 Å². The van der Waals surface area contributed by atoms with E-state index in [9.17, 15) is 4.79 Å². The summed E-state index contributed by atoms with van der Waals surface area (Å²) in [4.78, 5) is 14.7. The van der Waals surface area contributed by atoms with Crippen LogP contribution < -0.4 is 21.1 Å². The molecule has 5 heteroatoms. The van der Waals surface area contributed by atoms with Crippen molar-refractivity contribution in [3.8, 4) is 5.75 Å². The van der Waals surface area contributed by atoms with Crippen LogP contribution in [0.1, 0.15) is 40.5 Å². The van der Waals surface area contributed by atoms with E-state index < -0.39 is 11.1 Å². The maximum atomic E-state index is 13.0. The van der Waals surface area contributed by atoms with Gasteiger partial charge >= 0.3 is 0 Å². The van der Waals surface area contributed by atoms with Crippen molar-refractivity contribution in [2.75, 3.05) is 17.2 Å². The van der Waals surface area contributed by atoms with Gasteiger partial charge in [-0.05, 0) is 44.9 Å². The molecule has 5 nitrogen and oxygen atoms in total. The number of nitrogen functional groups attached to an aromatic ring is 1. The van der Waals surface area contributed by atoms with Crippen molar-refractivity contribution in [3.05, 3.63) is 18.2 Å². The molecule has 0 bridgehead atoms. The first kappa shape index (κ1) is 15.6. The van der Waals surface area contributed by atoms with Crippen LogP contribution in [0, 0.1) is 0 Å². The zero-order valence-corrected chi connectivity index (χ0v) is 13.3. The molecule has 0 radical (unpaired) electrons. The van der Waals surface area contributed by atoms with Crippen molar-refractivity contribution < 1.29 is 9.53 Å². The van der Waals surface area contributed by atoms with Crippen molar-refractivity contribution in [3.63, 3.8) is 0 Å². The highest BCUT2D eigenvalue weighted by atomic mass is 16.5. The minimum absolute atomic E-state index is 0.0378. The first-order chi connectivity index (χ1) is 9.72. The number of ether oxygens (including phenoxy) is 1. The van der Waals surface area contributed by atoms with Crippen molar-refractivity contribution in [2.24, 2.45) is 5.73 Å². The molecule has 116 valence electrons. The van der Waals surface area contributed by atoms with Crippen LogP contribution in [0.5, 0.6) is 5.75 Å². The van der Waals surface area contributed by atoms with Gasteiger partial charge in [0.15, 0.2) is 5.60 Å². The van der Waals surface area contributed by atoms with Gasteiger partial charge in [-0.1, -0.05) is 13.8 Å². The molecule has 0 saturated carbocycles. The standard InChI is InChI=1S/C16H25N3O2/c1-5-16(6-2)14(20)19(10-15(3,4)18)12-9-11(17)7-8-13(12)21-16/h7-9H,5-6,10,17-18H2,1-4H3. The summed E-state index contributed by atoms with van der Waals surface area (Å²) < 4.78 is 6.04. The van der Waals surface area contributed by atoms with Gasteiger partial charge in [-0.2, -0.15) is 0 Å². The van der Waals surface area contributed by atoms with E-state index in [0.29, 0.717) is 36.5 Å². The number of benzene rings is 1. The lowest BCUT2D eigenvalue weighted by atomic mass is 9.91. The third-order valence-corrected chi connectivity index (χ3v) is 3.92. The fourth-order valence-corrected chi connectivity index (χ4v) is 2.70. The van der Waals surface area contributed by atoms with E-state index in [1.807, 2.05) is 33.8 Å². The molecule has 0 aromatic heterocycles. The summed E-state index contributed by atoms with van der Waals surface area (Å²) >= 11 is 0. The summed E-state index contributed by atoms with van der Waals surface area (Å²) in [6.07, 6.45) is 1.24. The molecule has 1 aliphatic rings. The molecule has 1 heterocycles. The number of fused-ring (bicyclic) bond motifs is 1. The molecule has 1 aromatic carbocycles. The number of nitrogens with two attached hydrogens (primary N) is 2. The number of hydrogen-bond donors (Lipinski definition) is 2. The molecular formula is C16H25N3O2. The van der Waals surface area contributed by atoms with Crippen LogP contribution in [0.25, 0.3) is 0 Å². The van der Waals surface area contributed by atoms with Gasteiger partial charge in [0.1, 0.15) is 5.75 Å². The molecule has 1 aliphatic heterocycles. The van der Waals surface area contributed by atoms with E-state index in [4.69, 9.17) is 16.2 Å². The smallest absolute Gasteiger partial charge is 0.271 e. The van der Waals surface area contributed by atoms with Gasteiger partial charge in [0, 0.05) is 17.8 Å². The number of rotatable bonds is 4. The molecule has 0 aliphatic carbocycles. The Hall–Kier alpha value is -1.75. The second kappa shape index (κ2) is 5.22. The number of carbonyl (C=O) groups is 1. The van der Waals surface area contributed by atoms with Gasteiger partial charge in [-0.3, -0.25) is 4.79 Å². The second-order valence-electron chi connectivity index (χ2n) is 6.41. The Morgan fingerprint density at radius 3 is 2.43 bits per heavy atom. The minimum Gasteiger partial charge on any atom is -0.475 e. The lowest BCUT2D eigenvalue weighted by Gasteiger charge is -2.43. The predicted octanol–water partition coefficient (Wildman–Crippen LogP) is 2.29. The summed E-state index contributed by atoms with van der Waals surface area (Å²) in [6, 6.07) is 5.39. The Balaban J connectivity index is 2.55. The van der Waals surface area contributed by atoms with Gasteiger partial charge in [-0.15, -0.1) is 0 Å². The van der Waals surface area contributed by atoms with Crippen LogP contribution in [0.2, 0.25) is 0 Å². The summed E-state index contributed by atoms with van der Waals surface area (Å²) in [7, 11) is 0. The van der Waals surface area contributed by atoms with Crippen LogP contribution in [0.4, 0.5) is 11.4 Å². The molecule has 0 spiro atoms. The van der Waals surface area contributed by atoms with Gasteiger partial charge in [0.2, 0.25) is 0 Å². The summed E-state index contributed by atoms with van der Waals surface area (Å²) in [5, 5.41) is 0. The van der Waals surface area contributed by atoms with Gasteiger partial charge in [0.05, 0.1) is 5.69 Å². The van der Waals surface area contributed by atoms with E-state index >= 15 is 0 Å². The predicted molar refractivity (Wildman–Crippen MR) is 85.4 cm³/mol. The zero-order chi connectivity index (χ0) is 15.8. The summed E-state index contributed by atoms with van der Waals surface area (Å²) in [5.74, 6) is 0.654. The highest BCUT2D eigenvalue weighted by Crippen LogP contribution is 2.41. The Bertz CT molecular complexity index is 545. The Kier molecular flexibility index (Phi) is 3.89. The average Bonchev–Trinajstić information content (AvgIpc) is 2.41. The molecule has 0 unspecified atom stereocenters. The van der Waals surface area contributed by atoms with Crippen LogP contribution in [0.3, 0.4) is 0 Å². The van der Waals surface area contributed by atoms with Crippen LogP contribution in [-0.4, -0.2) is 23.6 Å². The topological polar surface area (TPSA) is 81.6 Å². The summed E-state index contributed by atoms with van der Waals surface area (Å²) in [5.41, 5.74) is 12.0. The third-order valence-electron chi connectivity index (χ3n) is 3.92. The highest BCUT2D eigenvalue weighted by molar-refractivity contribution is 6.03. The third kappa shape index (κ3) is 2.83. The van der Waals surface area contributed by atoms with Crippen molar-refractivity contribution in [1.29, 1.82) is 0 Å². The zero-order valence-electron chi connectivity index (χ0n) is 13.3. The molecule has 4 N–H and O–H groups in total. The lowest BCUT2D eigenvalue weighted by Crippen LogP contribution is -2.59. The van der Waals surface area contributed by atoms with Crippen molar-refractivity contribution >= 4 is 17.3 Å². The van der Waals surface area contributed by atoms with Crippen LogP contribution >= 0.6 is 0 Å². The molecule has 0 atom stereocenters. The van der Waals surface area contributed by atoms with Crippen LogP contribution in [-0.2, 0) is 4.79 Å². The highest BCUT2D eigenvalue weighted by Gasteiger charge is 2.46. The number of carbonyl (C=O) groups excluding carboxylic acids is 1. The second-order valence-corrected chi connectivity index (χ2v) is 6.41. The SMILES string of the molecule is CCC1(CC)Oc2ccc(N)cc2N(CC(C)(C)N)C1=O. The molecule has 1 aromatic rings. The lowest BCUT2D eigenvalue weighted by molar-refractivity contribution is -0.136. The normalized spacial score (nSPS) is 17.4. The maximum absolute atomic E-state index is 13.0. The van der Waals surface area contributed by atoms with Gasteiger partial charge < -0.3 is 21.1 Å². The fourth-order valence-electron chi connectivity index (χ4n) is 2.70. The largest absolute Gasteiger partial charge is 0.475 e. The summed E-state index contributed by atoms with van der Waals surface area (Å²) in [6.45, 7) is 8.17. The van der Waals surface area contributed by atoms with Gasteiger partial charge in [-0.25, -0.2) is 0 Å². The maximum Gasteiger partial charge on any atom is 0.271 e. The Morgan fingerprint density at radius 2 is 1.90 bits per heavy atom. The van der Waals surface area contributed by atoms with Crippen LogP contribution in [0.15, 0.2) is 18.2 Å². The van der Waals surface area contributed by atoms with Gasteiger partial charge in [0.25, 0.3) is 5.91 Å².